The Morgan fingerprint density at radius 2 is 1.88 bits per heavy atom. The lowest BCUT2D eigenvalue weighted by Gasteiger charge is -2.15. The number of halogens is 2. The molecule has 3 nitrogen and oxygen atoms in total. The number of anilines is 1. The molecule has 122 valence electrons. The van der Waals surface area contributed by atoms with Gasteiger partial charge in [-0.3, -0.25) is 9.69 Å². The van der Waals surface area contributed by atoms with Crippen molar-refractivity contribution in [3.63, 3.8) is 0 Å². The molecule has 0 radical (unpaired) electrons. The highest BCUT2D eigenvalue weighted by atomic mass is 32.2. The minimum Gasteiger partial charge on any atom is -0.497 e. The van der Waals surface area contributed by atoms with E-state index in [1.165, 1.54) is 0 Å². The van der Waals surface area contributed by atoms with Crippen LogP contribution in [0.1, 0.15) is 5.56 Å². The molecular formula is C17H11F2NO2S2. The van der Waals surface area contributed by atoms with Crippen molar-refractivity contribution in [3.05, 3.63) is 64.6 Å². The topological polar surface area (TPSA) is 29.5 Å². The van der Waals surface area contributed by atoms with E-state index in [2.05, 4.69) is 0 Å². The van der Waals surface area contributed by atoms with Gasteiger partial charge in [-0.2, -0.15) is 0 Å². The van der Waals surface area contributed by atoms with Gasteiger partial charge in [0.1, 0.15) is 17.4 Å². The number of methoxy groups -OCH3 is 1. The molecule has 1 aliphatic rings. The molecule has 0 aliphatic carbocycles. The fourth-order valence-electron chi connectivity index (χ4n) is 2.18. The van der Waals surface area contributed by atoms with Crippen LogP contribution in [0.4, 0.5) is 14.5 Å². The van der Waals surface area contributed by atoms with Crippen LogP contribution < -0.4 is 9.64 Å². The average Bonchev–Trinajstić information content (AvgIpc) is 2.84. The molecule has 7 heteroatoms. The molecule has 24 heavy (non-hydrogen) atoms. The van der Waals surface area contributed by atoms with Crippen LogP contribution in [0.5, 0.6) is 5.75 Å². The molecule has 1 saturated heterocycles. The van der Waals surface area contributed by atoms with E-state index in [0.717, 1.165) is 40.4 Å². The fraction of sp³-hybridized carbons (Fsp3) is 0.0588. The molecule has 2 aromatic carbocycles. The van der Waals surface area contributed by atoms with Crippen LogP contribution in [0.3, 0.4) is 0 Å². The van der Waals surface area contributed by atoms with Crippen LogP contribution in [0.15, 0.2) is 47.4 Å². The fourth-order valence-corrected chi connectivity index (χ4v) is 3.47. The monoisotopic (exact) mass is 363 g/mol. The Bertz CT molecular complexity index is 850. The minimum absolute atomic E-state index is 0.157. The van der Waals surface area contributed by atoms with Crippen molar-refractivity contribution in [2.24, 2.45) is 0 Å². The van der Waals surface area contributed by atoms with Gasteiger partial charge in [-0.1, -0.05) is 36.1 Å². The molecule has 0 N–H and O–H groups in total. The highest BCUT2D eigenvalue weighted by Crippen LogP contribution is 2.37. The number of nitrogens with zero attached hydrogens (tertiary/aromatic N) is 1. The van der Waals surface area contributed by atoms with E-state index in [9.17, 15) is 13.6 Å². The second-order valence-electron chi connectivity index (χ2n) is 4.89. The first-order chi connectivity index (χ1) is 11.5. The Hall–Kier alpha value is -2.25. The first kappa shape index (κ1) is 16.6. The Kier molecular flexibility index (Phi) is 4.64. The van der Waals surface area contributed by atoms with Crippen molar-refractivity contribution in [2.75, 3.05) is 12.0 Å². The van der Waals surface area contributed by atoms with E-state index in [0.29, 0.717) is 10.7 Å². The third kappa shape index (κ3) is 3.18. The van der Waals surface area contributed by atoms with E-state index in [4.69, 9.17) is 17.0 Å². The van der Waals surface area contributed by atoms with Crippen LogP contribution in [0, 0.1) is 11.6 Å². The number of hydrogen-bond donors (Lipinski definition) is 0. The summed E-state index contributed by atoms with van der Waals surface area (Å²) >= 11 is 6.20. The molecule has 0 unspecified atom stereocenters. The average molecular weight is 363 g/mol. The number of thiocarbonyl (C=S) groups is 1. The number of benzene rings is 2. The molecule has 1 heterocycles. The van der Waals surface area contributed by atoms with Gasteiger partial charge in [0.25, 0.3) is 5.91 Å². The van der Waals surface area contributed by atoms with Crippen molar-refractivity contribution in [3.8, 4) is 5.75 Å². The Morgan fingerprint density at radius 3 is 2.54 bits per heavy atom. The zero-order valence-corrected chi connectivity index (χ0v) is 14.1. The minimum atomic E-state index is -0.710. The van der Waals surface area contributed by atoms with Gasteiger partial charge in [0.15, 0.2) is 4.32 Å². The summed E-state index contributed by atoms with van der Waals surface area (Å²) in [5.74, 6) is -1.13. The van der Waals surface area contributed by atoms with Crippen LogP contribution in [-0.4, -0.2) is 17.3 Å². The molecule has 1 fully saturated rings. The van der Waals surface area contributed by atoms with Crippen LogP contribution >= 0.6 is 24.0 Å². The summed E-state index contributed by atoms with van der Waals surface area (Å²) in [6.45, 7) is 0. The maximum Gasteiger partial charge on any atom is 0.270 e. The zero-order chi connectivity index (χ0) is 17.3. The van der Waals surface area contributed by atoms with Crippen molar-refractivity contribution < 1.29 is 18.3 Å². The molecule has 2 aromatic rings. The molecule has 0 bridgehead atoms. The van der Waals surface area contributed by atoms with Gasteiger partial charge in [-0.15, -0.1) is 0 Å². The lowest BCUT2D eigenvalue weighted by molar-refractivity contribution is -0.113. The summed E-state index contributed by atoms with van der Waals surface area (Å²) in [7, 11) is 1.56. The van der Waals surface area contributed by atoms with E-state index in [1.54, 1.807) is 37.5 Å². The molecular weight excluding hydrogens is 352 g/mol. The van der Waals surface area contributed by atoms with Gasteiger partial charge >= 0.3 is 0 Å². The summed E-state index contributed by atoms with van der Waals surface area (Å²) < 4.78 is 32.6. The maximum absolute atomic E-state index is 13.9. The van der Waals surface area contributed by atoms with Crippen LogP contribution in [0.25, 0.3) is 6.08 Å². The SMILES string of the molecule is COc1ccc(/C=C2\SC(=S)N(c3cc(F)ccc3F)C2=O)cc1. The third-order valence-electron chi connectivity index (χ3n) is 3.36. The van der Waals surface area contributed by atoms with Crippen molar-refractivity contribution in [1.82, 2.24) is 0 Å². The summed E-state index contributed by atoms with van der Waals surface area (Å²) in [5.41, 5.74) is 0.589. The van der Waals surface area contributed by atoms with Gasteiger partial charge in [0.2, 0.25) is 0 Å². The zero-order valence-electron chi connectivity index (χ0n) is 12.5. The Labute approximate surface area is 146 Å². The molecule has 0 saturated carbocycles. The molecule has 3 rings (SSSR count). The van der Waals surface area contributed by atoms with E-state index >= 15 is 0 Å². The summed E-state index contributed by atoms with van der Waals surface area (Å²) in [6, 6.07) is 10.0. The first-order valence-corrected chi connectivity index (χ1v) is 8.09. The molecule has 1 aliphatic heterocycles. The number of carbonyl (C=O) groups excluding carboxylic acids is 1. The smallest absolute Gasteiger partial charge is 0.270 e. The third-order valence-corrected chi connectivity index (χ3v) is 4.66. The summed E-state index contributed by atoms with van der Waals surface area (Å²) in [6.07, 6.45) is 1.65. The van der Waals surface area contributed by atoms with Crippen molar-refractivity contribution >= 4 is 46.0 Å². The van der Waals surface area contributed by atoms with Crippen LogP contribution in [-0.2, 0) is 4.79 Å². The predicted octanol–water partition coefficient (Wildman–Crippen LogP) is 4.38. The van der Waals surface area contributed by atoms with Gasteiger partial charge in [0, 0.05) is 6.07 Å². The lowest BCUT2D eigenvalue weighted by Crippen LogP contribution is -2.28. The quantitative estimate of drug-likeness (QED) is 0.598. The van der Waals surface area contributed by atoms with Crippen molar-refractivity contribution in [2.45, 2.75) is 0 Å². The summed E-state index contributed by atoms with van der Waals surface area (Å²) in [5, 5.41) is 0. The van der Waals surface area contributed by atoms with Gasteiger partial charge in [-0.05, 0) is 35.9 Å². The number of carbonyl (C=O) groups is 1. The first-order valence-electron chi connectivity index (χ1n) is 6.86. The molecule has 0 aromatic heterocycles. The normalized spacial score (nSPS) is 16.1. The Balaban J connectivity index is 1.93. The molecule has 1 amide bonds. The Morgan fingerprint density at radius 1 is 1.17 bits per heavy atom. The number of hydrogen-bond acceptors (Lipinski definition) is 4. The number of thioether (sulfide) groups is 1. The largest absolute Gasteiger partial charge is 0.497 e. The van der Waals surface area contributed by atoms with Crippen molar-refractivity contribution in [1.29, 1.82) is 0 Å². The number of amides is 1. The summed E-state index contributed by atoms with van der Waals surface area (Å²) in [4.78, 5) is 13.9. The standard InChI is InChI=1S/C17H11F2NO2S2/c1-22-12-5-2-10(3-6-12)8-15-16(21)20(17(23)24-15)14-9-11(18)4-7-13(14)19/h2-9H,1H3/b15-8-. The van der Waals surface area contributed by atoms with E-state index in [-0.39, 0.29) is 10.0 Å². The second-order valence-corrected chi connectivity index (χ2v) is 6.56. The second kappa shape index (κ2) is 6.70. The molecule has 0 spiro atoms. The van der Waals surface area contributed by atoms with Crippen LogP contribution in [0.2, 0.25) is 0 Å². The number of rotatable bonds is 3. The van der Waals surface area contributed by atoms with Gasteiger partial charge < -0.3 is 4.74 Å². The predicted molar refractivity (Wildman–Crippen MR) is 95.0 cm³/mol. The molecule has 0 atom stereocenters. The highest BCUT2D eigenvalue weighted by Gasteiger charge is 2.35. The highest BCUT2D eigenvalue weighted by molar-refractivity contribution is 8.27. The van der Waals surface area contributed by atoms with Gasteiger partial charge in [-0.25, -0.2) is 8.78 Å². The number of ether oxygens (including phenoxy) is 1. The maximum atomic E-state index is 13.9. The van der Waals surface area contributed by atoms with E-state index < -0.39 is 17.5 Å². The van der Waals surface area contributed by atoms with Gasteiger partial charge in [0.05, 0.1) is 17.7 Å². The lowest BCUT2D eigenvalue weighted by atomic mass is 10.2. The van der Waals surface area contributed by atoms with E-state index in [1.807, 2.05) is 0 Å².